The van der Waals surface area contributed by atoms with Crippen LogP contribution in [0, 0.1) is 0 Å². The van der Waals surface area contributed by atoms with Crippen LogP contribution < -0.4 is 5.56 Å². The van der Waals surface area contributed by atoms with Crippen LogP contribution >= 0.6 is 47.3 Å². The summed E-state index contributed by atoms with van der Waals surface area (Å²) >= 11 is 14.3. The van der Waals surface area contributed by atoms with E-state index in [1.54, 1.807) is 30.5 Å². The molecule has 0 bridgehead atoms. The molecule has 5 rings (SSSR count). The molecular weight excluding hydrogens is 506 g/mol. The molecule has 1 saturated heterocycles. The van der Waals surface area contributed by atoms with Crippen LogP contribution in [0.1, 0.15) is 11.1 Å². The number of amides is 1. The molecule has 2 aromatic carbocycles. The third-order valence-electron chi connectivity index (χ3n) is 5.13. The molecule has 1 fully saturated rings. The monoisotopic (exact) mass is 521 g/mol. The first-order valence-corrected chi connectivity index (χ1v) is 12.7. The van der Waals surface area contributed by atoms with Crippen LogP contribution in [0.5, 0.6) is 0 Å². The molecule has 0 N–H and O–H groups in total. The van der Waals surface area contributed by atoms with Crippen molar-refractivity contribution in [1.82, 2.24) is 14.3 Å². The van der Waals surface area contributed by atoms with Crippen molar-refractivity contribution < 1.29 is 4.79 Å². The van der Waals surface area contributed by atoms with Crippen LogP contribution in [0.15, 0.2) is 98.6 Å². The Bertz CT molecular complexity index is 1520. The maximum absolute atomic E-state index is 13.4. The Kier molecular flexibility index (Phi) is 6.56. The predicted molar refractivity (Wildman–Crippen MR) is 142 cm³/mol. The summed E-state index contributed by atoms with van der Waals surface area (Å²) in [5.74, 6) is -0.261. The van der Waals surface area contributed by atoms with Crippen molar-refractivity contribution in [3.8, 4) is 0 Å². The largest absolute Gasteiger partial charge is 0.288 e. The number of hydrogen-bond donors (Lipinski definition) is 0. The first-order valence-electron chi connectivity index (χ1n) is 10.2. The molecule has 1 aliphatic heterocycles. The number of carbonyl (C=O) groups excluding carboxylic acids is 1. The Hall–Kier alpha value is -2.91. The molecule has 4 aromatic rings. The fourth-order valence-corrected chi connectivity index (χ4v) is 5.79. The molecule has 5 nitrogen and oxygen atoms in total. The number of benzene rings is 2. The van der Waals surface area contributed by atoms with Gasteiger partial charge in [-0.2, -0.15) is 0 Å². The molecule has 3 heterocycles. The van der Waals surface area contributed by atoms with Crippen LogP contribution in [0.2, 0.25) is 5.02 Å². The van der Waals surface area contributed by atoms with Crippen molar-refractivity contribution in [3.63, 3.8) is 0 Å². The van der Waals surface area contributed by atoms with E-state index in [-0.39, 0.29) is 18.0 Å². The van der Waals surface area contributed by atoms with E-state index in [1.807, 2.05) is 54.6 Å². The van der Waals surface area contributed by atoms with Gasteiger partial charge in [0.05, 0.1) is 17.0 Å². The molecule has 0 aliphatic carbocycles. The van der Waals surface area contributed by atoms with Crippen LogP contribution in [0.25, 0.3) is 11.7 Å². The first-order chi connectivity index (χ1) is 16.5. The third kappa shape index (κ3) is 4.54. The minimum atomic E-state index is -0.261. The van der Waals surface area contributed by atoms with E-state index >= 15 is 0 Å². The van der Waals surface area contributed by atoms with Gasteiger partial charge in [-0.25, -0.2) is 4.98 Å². The van der Waals surface area contributed by atoms with E-state index in [4.69, 9.17) is 28.8 Å². The summed E-state index contributed by atoms with van der Waals surface area (Å²) in [4.78, 5) is 34.2. The summed E-state index contributed by atoms with van der Waals surface area (Å²) in [6, 6.07) is 22.4. The zero-order valence-corrected chi connectivity index (χ0v) is 20.8. The van der Waals surface area contributed by atoms with E-state index < -0.39 is 0 Å². The summed E-state index contributed by atoms with van der Waals surface area (Å²) in [7, 11) is 0. The Morgan fingerprint density at radius 1 is 1.00 bits per heavy atom. The maximum Gasteiger partial charge on any atom is 0.266 e. The summed E-state index contributed by atoms with van der Waals surface area (Å²) in [6.45, 7) is 0.266. The highest BCUT2D eigenvalue weighted by Crippen LogP contribution is 2.36. The Balaban J connectivity index is 1.56. The SMILES string of the molecule is O=C1C(=Cc2c(Sc3ccccc3)nc3ccccn3c2=O)SC(=S)N1Cc1ccccc1Cl. The number of fused-ring (bicyclic) bond motifs is 1. The average molecular weight is 522 g/mol. The second-order valence-corrected chi connectivity index (χ2v) is 10.5. The van der Waals surface area contributed by atoms with E-state index in [0.717, 1.165) is 10.5 Å². The summed E-state index contributed by atoms with van der Waals surface area (Å²) in [6.07, 6.45) is 3.27. The fourth-order valence-electron chi connectivity index (χ4n) is 3.45. The smallest absolute Gasteiger partial charge is 0.266 e. The van der Waals surface area contributed by atoms with Gasteiger partial charge >= 0.3 is 0 Å². The number of thiocarbonyl (C=S) groups is 1. The lowest BCUT2D eigenvalue weighted by atomic mass is 10.2. The highest BCUT2D eigenvalue weighted by atomic mass is 35.5. The number of thioether (sulfide) groups is 1. The molecule has 0 atom stereocenters. The maximum atomic E-state index is 13.4. The second-order valence-electron chi connectivity index (χ2n) is 7.34. The van der Waals surface area contributed by atoms with Crippen LogP contribution in [0.4, 0.5) is 0 Å². The number of pyridine rings is 1. The van der Waals surface area contributed by atoms with E-state index in [9.17, 15) is 9.59 Å². The summed E-state index contributed by atoms with van der Waals surface area (Å²) in [5.41, 5.74) is 1.43. The van der Waals surface area contributed by atoms with Gasteiger partial charge in [-0.05, 0) is 42.0 Å². The standard InChI is InChI=1S/C25H16ClN3O2S3/c26-19-11-5-4-8-16(19)15-29-24(31)20(34-25(29)32)14-18-22(33-17-9-2-1-3-10-17)27-21-12-6-7-13-28(21)23(18)30/h1-14H,15H2. The molecule has 1 aliphatic rings. The Labute approximate surface area is 214 Å². The number of aromatic nitrogens is 2. The predicted octanol–water partition coefficient (Wildman–Crippen LogP) is 5.90. The van der Waals surface area contributed by atoms with Gasteiger partial charge in [0.2, 0.25) is 0 Å². The van der Waals surface area contributed by atoms with Gasteiger partial charge in [-0.15, -0.1) is 0 Å². The molecular formula is C25H16ClN3O2S3. The van der Waals surface area contributed by atoms with E-state index in [0.29, 0.717) is 30.5 Å². The molecule has 0 saturated carbocycles. The number of rotatable bonds is 5. The Morgan fingerprint density at radius 3 is 2.53 bits per heavy atom. The number of halogens is 1. The molecule has 34 heavy (non-hydrogen) atoms. The average Bonchev–Trinajstić information content (AvgIpc) is 3.11. The van der Waals surface area contributed by atoms with Gasteiger partial charge in [-0.1, -0.05) is 89.8 Å². The van der Waals surface area contributed by atoms with Crippen LogP contribution in [-0.4, -0.2) is 24.5 Å². The van der Waals surface area contributed by atoms with Crippen molar-refractivity contribution in [2.45, 2.75) is 16.5 Å². The highest BCUT2D eigenvalue weighted by molar-refractivity contribution is 8.26. The van der Waals surface area contributed by atoms with Crippen LogP contribution in [0.3, 0.4) is 0 Å². The van der Waals surface area contributed by atoms with Gasteiger partial charge in [0, 0.05) is 16.1 Å². The minimum absolute atomic E-state index is 0.250. The molecule has 9 heteroatoms. The van der Waals surface area contributed by atoms with Crippen molar-refractivity contribution in [2.24, 2.45) is 0 Å². The number of carbonyl (C=O) groups is 1. The summed E-state index contributed by atoms with van der Waals surface area (Å²) < 4.78 is 1.90. The van der Waals surface area contributed by atoms with Crippen molar-refractivity contribution in [2.75, 3.05) is 0 Å². The van der Waals surface area contributed by atoms with Crippen molar-refractivity contribution in [1.29, 1.82) is 0 Å². The van der Waals surface area contributed by atoms with Crippen molar-refractivity contribution >= 4 is 69.3 Å². The number of nitrogens with zero attached hydrogens (tertiary/aromatic N) is 3. The van der Waals surface area contributed by atoms with E-state index in [1.165, 1.54) is 32.8 Å². The molecule has 0 spiro atoms. The number of hydrogen-bond acceptors (Lipinski definition) is 6. The molecule has 1 amide bonds. The zero-order valence-electron chi connectivity index (χ0n) is 17.6. The van der Waals surface area contributed by atoms with Gasteiger partial charge < -0.3 is 0 Å². The quantitative estimate of drug-likeness (QED) is 0.185. The van der Waals surface area contributed by atoms with E-state index in [2.05, 4.69) is 0 Å². The molecule has 0 radical (unpaired) electrons. The van der Waals surface area contributed by atoms with Crippen LogP contribution in [-0.2, 0) is 11.3 Å². The molecule has 168 valence electrons. The highest BCUT2D eigenvalue weighted by Gasteiger charge is 2.33. The minimum Gasteiger partial charge on any atom is -0.288 e. The molecule has 2 aromatic heterocycles. The van der Waals surface area contributed by atoms with Gasteiger partial charge in [0.25, 0.3) is 11.5 Å². The third-order valence-corrected chi connectivity index (χ3v) is 7.89. The first kappa shape index (κ1) is 22.9. The topological polar surface area (TPSA) is 54.7 Å². The normalized spacial score (nSPS) is 15.0. The lowest BCUT2D eigenvalue weighted by Crippen LogP contribution is -2.27. The summed E-state index contributed by atoms with van der Waals surface area (Å²) in [5, 5.41) is 1.10. The second kappa shape index (κ2) is 9.76. The van der Waals surface area contributed by atoms with Crippen molar-refractivity contribution in [3.05, 3.63) is 110 Å². The van der Waals surface area contributed by atoms with Gasteiger partial charge in [0.15, 0.2) is 0 Å². The lowest BCUT2D eigenvalue weighted by Gasteiger charge is -2.15. The lowest BCUT2D eigenvalue weighted by molar-refractivity contribution is -0.122. The van der Waals surface area contributed by atoms with Gasteiger partial charge in [-0.3, -0.25) is 18.9 Å². The Morgan fingerprint density at radius 2 is 1.74 bits per heavy atom. The van der Waals surface area contributed by atoms with Gasteiger partial charge in [0.1, 0.15) is 15.0 Å². The zero-order chi connectivity index (χ0) is 23.7. The fraction of sp³-hybridized carbons (Fsp3) is 0.0400. The molecule has 0 unspecified atom stereocenters.